The number of fused-ring (bicyclic) bond motifs is 3. The van der Waals surface area contributed by atoms with Crippen LogP contribution < -0.4 is 0 Å². The monoisotopic (exact) mass is 781 g/mol. The molecule has 3 aromatic rings. The van der Waals surface area contributed by atoms with E-state index in [1.54, 1.807) is 6.92 Å². The highest BCUT2D eigenvalue weighted by atomic mass is 28.4. The molecule has 2 heterocycles. The van der Waals surface area contributed by atoms with E-state index in [-0.39, 0.29) is 24.8 Å². The Morgan fingerprint density at radius 1 is 0.852 bits per heavy atom. The molecule has 2 aliphatic rings. The van der Waals surface area contributed by atoms with Crippen LogP contribution in [0.3, 0.4) is 0 Å². The largest absolute Gasteiger partial charge is 0.469 e. The van der Waals surface area contributed by atoms with E-state index in [4.69, 9.17) is 18.7 Å². The van der Waals surface area contributed by atoms with Gasteiger partial charge in [0.2, 0.25) is 0 Å². The van der Waals surface area contributed by atoms with Gasteiger partial charge in [-0.2, -0.15) is 0 Å². The molecule has 0 saturated carbocycles. The summed E-state index contributed by atoms with van der Waals surface area (Å²) in [6.07, 6.45) is 8.09. The highest BCUT2D eigenvalue weighted by Crippen LogP contribution is 2.48. The van der Waals surface area contributed by atoms with Gasteiger partial charge < -0.3 is 28.4 Å². The number of para-hydroxylation sites is 1. The molecule has 5 rings (SSSR count). The molecule has 9 nitrogen and oxygen atoms in total. The van der Waals surface area contributed by atoms with Gasteiger partial charge in [0.1, 0.15) is 17.8 Å². The number of hydrogen-bond donors (Lipinski definition) is 2. The maximum absolute atomic E-state index is 11.9. The number of aliphatic hydroxyl groups excluding tert-OH is 1. The third-order valence-electron chi connectivity index (χ3n) is 9.43. The first-order chi connectivity index (χ1) is 25.4. The summed E-state index contributed by atoms with van der Waals surface area (Å²) in [7, 11) is 0.254. The topological polar surface area (TPSA) is 124 Å². The number of nitrogens with one attached hydrogen (secondary N) is 1. The summed E-state index contributed by atoms with van der Waals surface area (Å²) in [5, 5.41) is 10.2. The molecule has 0 saturated heterocycles. The van der Waals surface area contributed by atoms with E-state index in [0.717, 1.165) is 38.5 Å². The standard InChI is InChI=1S/C19H24O3.C12H15NO.C6H10O3.C6H18OSi2/c1-4-13-7-6-8-14-15-9-10-22-19(5-2,12-18(20)21-3)17(15)11-16(13)14;1-2-9-4-3-5-11-10(6-7-14)8-13-12(9)11;1-3-5(7)4-6(8)9-2;1-8(2,3)7-9(4,5)6/h6-8H,4-5,9-12H2,1-3H3;3-5,8,13-14H,2,6-7H2,1H3;3-4H2,1-2H3;1-6H3. The minimum Gasteiger partial charge on any atom is -0.469 e. The second-order valence-corrected chi connectivity index (χ2v) is 24.8. The summed E-state index contributed by atoms with van der Waals surface area (Å²) in [6, 6.07) is 12.9. The van der Waals surface area contributed by atoms with Crippen molar-refractivity contribution in [1.29, 1.82) is 0 Å². The molecule has 1 aliphatic carbocycles. The number of methoxy groups -OCH3 is 2. The molecule has 0 spiro atoms. The minimum absolute atomic E-state index is 0.0816. The van der Waals surface area contributed by atoms with Crippen LogP contribution in [0.4, 0.5) is 0 Å². The maximum Gasteiger partial charge on any atom is 0.313 e. The summed E-state index contributed by atoms with van der Waals surface area (Å²) in [6.45, 7) is 22.5. The van der Waals surface area contributed by atoms with Crippen molar-refractivity contribution in [1.82, 2.24) is 4.98 Å². The smallest absolute Gasteiger partial charge is 0.313 e. The molecule has 0 radical (unpaired) electrons. The van der Waals surface area contributed by atoms with Crippen molar-refractivity contribution < 1.29 is 37.8 Å². The predicted molar refractivity (Wildman–Crippen MR) is 225 cm³/mol. The zero-order valence-electron chi connectivity index (χ0n) is 35.1. The van der Waals surface area contributed by atoms with Gasteiger partial charge in [0.25, 0.3) is 0 Å². The molecule has 1 unspecified atom stereocenters. The van der Waals surface area contributed by atoms with E-state index < -0.39 is 28.2 Å². The number of Topliss-reactive ketones (excluding diaryl/α,β-unsaturated/α-hetero) is 1. The van der Waals surface area contributed by atoms with Gasteiger partial charge in [0, 0.05) is 30.1 Å². The van der Waals surface area contributed by atoms with Gasteiger partial charge in [-0.15, -0.1) is 0 Å². The van der Waals surface area contributed by atoms with E-state index in [1.165, 1.54) is 64.1 Å². The van der Waals surface area contributed by atoms with Crippen LogP contribution >= 0.6 is 0 Å². The fourth-order valence-corrected chi connectivity index (χ4v) is 14.5. The molecule has 1 aliphatic heterocycles. The third kappa shape index (κ3) is 13.7. The van der Waals surface area contributed by atoms with Gasteiger partial charge in [-0.25, -0.2) is 0 Å². The first-order valence-electron chi connectivity index (χ1n) is 19.4. The van der Waals surface area contributed by atoms with E-state index in [2.05, 4.69) is 106 Å². The number of hydrogen-bond acceptors (Lipinski definition) is 8. The number of aliphatic hydroxyl groups is 1. The molecular formula is C43H67NO8Si2. The van der Waals surface area contributed by atoms with Crippen molar-refractivity contribution in [2.24, 2.45) is 0 Å². The minimum atomic E-state index is -1.23. The van der Waals surface area contributed by atoms with Crippen molar-refractivity contribution in [3.8, 4) is 0 Å². The fourth-order valence-electron chi connectivity index (χ4n) is 7.14. The van der Waals surface area contributed by atoms with Crippen molar-refractivity contribution in [2.45, 2.75) is 130 Å². The lowest BCUT2D eigenvalue weighted by molar-refractivity contribution is -0.148. The molecule has 1 aromatic heterocycles. The Kier molecular flexibility index (Phi) is 18.8. The normalized spacial score (nSPS) is 16.1. The number of aryl methyl sites for hydroxylation is 2. The second kappa shape index (κ2) is 21.7. The van der Waals surface area contributed by atoms with Crippen LogP contribution in [0.2, 0.25) is 39.3 Å². The summed E-state index contributed by atoms with van der Waals surface area (Å²) in [5.74, 6) is -0.731. The lowest BCUT2D eigenvalue weighted by Gasteiger charge is -2.38. The summed E-state index contributed by atoms with van der Waals surface area (Å²) in [4.78, 5) is 36.0. The molecule has 2 N–H and O–H groups in total. The molecule has 1 atom stereocenters. The molecular weight excluding hydrogens is 715 g/mol. The Balaban J connectivity index is 0.000000271. The predicted octanol–water partition coefficient (Wildman–Crippen LogP) is 9.16. The van der Waals surface area contributed by atoms with E-state index in [0.29, 0.717) is 19.4 Å². The van der Waals surface area contributed by atoms with Gasteiger partial charge in [0.15, 0.2) is 16.6 Å². The molecule has 0 fully saturated rings. The van der Waals surface area contributed by atoms with Gasteiger partial charge in [-0.05, 0) is 117 Å². The van der Waals surface area contributed by atoms with Crippen LogP contribution in [0.15, 0.2) is 48.2 Å². The van der Waals surface area contributed by atoms with Crippen LogP contribution in [0.1, 0.15) is 87.6 Å². The Bertz CT molecular complexity index is 1690. The number of ketones is 1. The molecule has 0 amide bonds. The summed E-state index contributed by atoms with van der Waals surface area (Å²) < 4.78 is 21.2. The van der Waals surface area contributed by atoms with E-state index in [9.17, 15) is 14.4 Å². The Labute approximate surface area is 326 Å². The lowest BCUT2D eigenvalue weighted by atomic mass is 9.81. The van der Waals surface area contributed by atoms with Crippen molar-refractivity contribution in [3.63, 3.8) is 0 Å². The quantitative estimate of drug-likeness (QED) is 0.106. The first kappa shape index (κ1) is 46.8. The fraction of sp³-hybridized carbons (Fsp3) is 0.558. The SMILES string of the molecule is CCC(=O)CC(=O)OC.CCc1cccc2c(CCO)c[nH]c12.CCc1cccc2c1CC1=C2CCOC1(CC)CC(=O)OC.C[Si](C)(C)O[Si](C)(C)C. The molecule has 0 bridgehead atoms. The zero-order chi connectivity index (χ0) is 40.7. The number of benzene rings is 2. The van der Waals surface area contributed by atoms with Gasteiger partial charge >= 0.3 is 11.9 Å². The zero-order valence-corrected chi connectivity index (χ0v) is 37.1. The molecule has 11 heteroatoms. The highest BCUT2D eigenvalue weighted by molar-refractivity contribution is 6.83. The lowest BCUT2D eigenvalue weighted by Crippen LogP contribution is -2.40. The molecule has 300 valence electrons. The number of rotatable bonds is 12. The second-order valence-electron chi connectivity index (χ2n) is 15.6. The Morgan fingerprint density at radius 3 is 1.98 bits per heavy atom. The number of aromatic amines is 1. The van der Waals surface area contributed by atoms with Gasteiger partial charge in [-0.3, -0.25) is 14.4 Å². The van der Waals surface area contributed by atoms with Crippen molar-refractivity contribution >= 4 is 50.8 Å². The first-order valence-corrected chi connectivity index (χ1v) is 26.3. The van der Waals surface area contributed by atoms with Gasteiger partial charge in [0.05, 0.1) is 27.2 Å². The number of esters is 2. The third-order valence-corrected chi connectivity index (χ3v) is 14.3. The average molecular weight is 782 g/mol. The van der Waals surface area contributed by atoms with Crippen LogP contribution in [-0.4, -0.2) is 77.5 Å². The van der Waals surface area contributed by atoms with Crippen LogP contribution in [0.25, 0.3) is 16.5 Å². The molecule has 54 heavy (non-hydrogen) atoms. The average Bonchev–Trinajstić information content (AvgIpc) is 3.73. The summed E-state index contributed by atoms with van der Waals surface area (Å²) >= 11 is 0. The van der Waals surface area contributed by atoms with Crippen molar-refractivity contribution in [3.05, 3.63) is 76.0 Å². The van der Waals surface area contributed by atoms with E-state index in [1.807, 2.05) is 6.20 Å². The van der Waals surface area contributed by atoms with Crippen LogP contribution in [0, 0.1) is 0 Å². The Hall–Kier alpha value is -3.36. The Morgan fingerprint density at radius 2 is 1.46 bits per heavy atom. The van der Waals surface area contributed by atoms with Crippen molar-refractivity contribution in [2.75, 3.05) is 27.4 Å². The number of carbonyl (C=O) groups excluding carboxylic acids is 3. The number of carbonyl (C=O) groups is 3. The molecule has 2 aromatic carbocycles. The number of aromatic nitrogens is 1. The highest BCUT2D eigenvalue weighted by Gasteiger charge is 2.44. The summed E-state index contributed by atoms with van der Waals surface area (Å²) in [5.41, 5.74) is 10.2. The van der Waals surface area contributed by atoms with Crippen LogP contribution in [0.5, 0.6) is 0 Å². The number of ether oxygens (including phenoxy) is 3. The van der Waals surface area contributed by atoms with Crippen LogP contribution in [-0.2, 0) is 58.4 Å². The maximum atomic E-state index is 11.9. The number of H-pyrrole nitrogens is 1. The van der Waals surface area contributed by atoms with E-state index >= 15 is 0 Å². The van der Waals surface area contributed by atoms with Gasteiger partial charge in [-0.1, -0.05) is 64.1 Å².